The van der Waals surface area contributed by atoms with Crippen LogP contribution in [0.1, 0.15) is 22.8 Å². The Morgan fingerprint density at radius 2 is 1.79 bits per heavy atom. The van der Waals surface area contributed by atoms with Crippen molar-refractivity contribution in [1.82, 2.24) is 5.32 Å². The van der Waals surface area contributed by atoms with Gasteiger partial charge in [0, 0.05) is 16.8 Å². The average Bonchev–Trinajstić information content (AvgIpc) is 2.70. The molecule has 7 heteroatoms. The minimum absolute atomic E-state index is 0.210. The molecular weight excluding hydrogens is 360 g/mol. The molecule has 0 bridgehead atoms. The minimum Gasteiger partial charge on any atom is -0.481 e. The van der Waals surface area contributed by atoms with E-state index in [9.17, 15) is 14.7 Å². The second-order valence-electron chi connectivity index (χ2n) is 5.95. The molecule has 146 valence electrons. The average molecular weight is 382 g/mol. The number of hydrogen-bond donors (Lipinski definition) is 3. The molecule has 2 rings (SSSR count). The first kappa shape index (κ1) is 20.8. The number of nitrogens with one attached hydrogen (secondary N) is 1. The minimum atomic E-state index is -1.14. The van der Waals surface area contributed by atoms with Gasteiger partial charge in [0.05, 0.1) is 13.2 Å². The molecule has 0 saturated carbocycles. The van der Waals surface area contributed by atoms with Crippen LogP contribution in [-0.2, 0) is 9.53 Å². The highest BCUT2D eigenvalue weighted by molar-refractivity contribution is 5.97. The predicted molar refractivity (Wildman–Crippen MR) is 105 cm³/mol. The standard InChI is InChI=1S/C21H22N2O5/c1-14(24)19(21(26)27-2)23-20(25)16-7-5-15(6-8-16)4-3-13-28-18-11-9-17(22)10-12-18/h5-12,14,19,24H,13,22H2,1-2H3,(H,23,25). The molecule has 0 aliphatic rings. The van der Waals surface area contributed by atoms with E-state index in [1.54, 1.807) is 48.5 Å². The number of aliphatic hydroxyl groups is 1. The van der Waals surface area contributed by atoms with E-state index in [0.717, 1.165) is 0 Å². The monoisotopic (exact) mass is 382 g/mol. The third-order valence-corrected chi connectivity index (χ3v) is 3.80. The predicted octanol–water partition coefficient (Wildman–Crippen LogP) is 1.35. The van der Waals surface area contributed by atoms with Crippen molar-refractivity contribution in [2.45, 2.75) is 19.1 Å². The molecule has 2 aromatic carbocycles. The summed E-state index contributed by atoms with van der Waals surface area (Å²) in [5.41, 5.74) is 7.31. The van der Waals surface area contributed by atoms with Crippen molar-refractivity contribution in [1.29, 1.82) is 0 Å². The molecular formula is C21H22N2O5. The number of benzene rings is 2. The Bertz CT molecular complexity index is 864. The molecule has 28 heavy (non-hydrogen) atoms. The largest absolute Gasteiger partial charge is 0.481 e. The van der Waals surface area contributed by atoms with Crippen LogP contribution in [-0.4, -0.2) is 42.8 Å². The van der Waals surface area contributed by atoms with Gasteiger partial charge in [-0.25, -0.2) is 4.79 Å². The van der Waals surface area contributed by atoms with E-state index in [4.69, 9.17) is 10.5 Å². The Kier molecular flexibility index (Phi) is 7.43. The first-order valence-corrected chi connectivity index (χ1v) is 8.54. The number of aliphatic hydroxyl groups excluding tert-OH is 1. The lowest BCUT2D eigenvalue weighted by atomic mass is 10.1. The maximum absolute atomic E-state index is 12.2. The fourth-order valence-electron chi connectivity index (χ4n) is 2.25. The molecule has 2 atom stereocenters. The quantitative estimate of drug-likeness (QED) is 0.395. The Labute approximate surface area is 163 Å². The van der Waals surface area contributed by atoms with Crippen LogP contribution in [0, 0.1) is 11.8 Å². The number of ether oxygens (including phenoxy) is 2. The molecule has 4 N–H and O–H groups in total. The normalized spacial score (nSPS) is 12.1. The van der Waals surface area contributed by atoms with Crippen molar-refractivity contribution in [2.75, 3.05) is 19.5 Å². The van der Waals surface area contributed by atoms with E-state index in [1.807, 2.05) is 0 Å². The van der Waals surface area contributed by atoms with Crippen molar-refractivity contribution in [3.05, 3.63) is 59.7 Å². The number of carbonyl (C=O) groups is 2. The van der Waals surface area contributed by atoms with Crippen LogP contribution in [0.25, 0.3) is 0 Å². The van der Waals surface area contributed by atoms with Gasteiger partial charge in [-0.3, -0.25) is 4.79 Å². The van der Waals surface area contributed by atoms with Crippen LogP contribution in [0.3, 0.4) is 0 Å². The van der Waals surface area contributed by atoms with Gasteiger partial charge < -0.3 is 25.6 Å². The van der Waals surface area contributed by atoms with Gasteiger partial charge >= 0.3 is 5.97 Å². The second-order valence-corrected chi connectivity index (χ2v) is 5.95. The lowest BCUT2D eigenvalue weighted by Gasteiger charge is -2.18. The van der Waals surface area contributed by atoms with Gasteiger partial charge in [0.1, 0.15) is 12.4 Å². The Morgan fingerprint density at radius 1 is 1.14 bits per heavy atom. The number of hydrogen-bond acceptors (Lipinski definition) is 6. The summed E-state index contributed by atoms with van der Waals surface area (Å²) >= 11 is 0. The summed E-state index contributed by atoms with van der Waals surface area (Å²) < 4.78 is 10.1. The number of amides is 1. The number of nitrogens with two attached hydrogens (primary N) is 1. The summed E-state index contributed by atoms with van der Waals surface area (Å²) in [4.78, 5) is 23.8. The van der Waals surface area contributed by atoms with E-state index in [0.29, 0.717) is 22.6 Å². The molecule has 0 saturated heterocycles. The molecule has 2 unspecified atom stereocenters. The number of methoxy groups -OCH3 is 1. The highest BCUT2D eigenvalue weighted by atomic mass is 16.5. The van der Waals surface area contributed by atoms with Crippen LogP contribution >= 0.6 is 0 Å². The van der Waals surface area contributed by atoms with Gasteiger partial charge in [-0.15, -0.1) is 0 Å². The molecule has 0 heterocycles. The number of anilines is 1. The lowest BCUT2D eigenvalue weighted by molar-refractivity contribution is -0.145. The third-order valence-electron chi connectivity index (χ3n) is 3.80. The van der Waals surface area contributed by atoms with E-state index in [2.05, 4.69) is 21.9 Å². The topological polar surface area (TPSA) is 111 Å². The Morgan fingerprint density at radius 3 is 2.36 bits per heavy atom. The van der Waals surface area contributed by atoms with Gasteiger partial charge in [0.15, 0.2) is 6.04 Å². The van der Waals surface area contributed by atoms with Crippen molar-refractivity contribution in [2.24, 2.45) is 0 Å². The van der Waals surface area contributed by atoms with Gasteiger partial charge in [0.25, 0.3) is 5.91 Å². The molecule has 0 radical (unpaired) electrons. The van der Waals surface area contributed by atoms with Gasteiger partial charge in [0.2, 0.25) is 0 Å². The fourth-order valence-corrected chi connectivity index (χ4v) is 2.25. The molecule has 0 aliphatic heterocycles. The Balaban J connectivity index is 1.93. The van der Waals surface area contributed by atoms with Crippen LogP contribution < -0.4 is 15.8 Å². The summed E-state index contributed by atoms with van der Waals surface area (Å²) in [7, 11) is 1.19. The summed E-state index contributed by atoms with van der Waals surface area (Å²) in [6.07, 6.45) is -1.08. The maximum atomic E-state index is 12.2. The zero-order valence-electron chi connectivity index (χ0n) is 15.6. The van der Waals surface area contributed by atoms with Crippen molar-refractivity contribution >= 4 is 17.6 Å². The first-order chi connectivity index (χ1) is 13.4. The molecule has 0 aliphatic carbocycles. The van der Waals surface area contributed by atoms with Gasteiger partial charge in [-0.1, -0.05) is 11.8 Å². The molecule has 7 nitrogen and oxygen atoms in total. The van der Waals surface area contributed by atoms with Crippen molar-refractivity contribution in [3.8, 4) is 17.6 Å². The molecule has 0 fully saturated rings. The highest BCUT2D eigenvalue weighted by Gasteiger charge is 2.26. The summed E-state index contributed by atoms with van der Waals surface area (Å²) in [6.45, 7) is 1.61. The zero-order chi connectivity index (χ0) is 20.5. The molecule has 0 spiro atoms. The molecule has 0 aromatic heterocycles. The van der Waals surface area contributed by atoms with Crippen molar-refractivity contribution < 1.29 is 24.2 Å². The maximum Gasteiger partial charge on any atom is 0.331 e. The third kappa shape index (κ3) is 6.04. The van der Waals surface area contributed by atoms with E-state index in [1.165, 1.54) is 14.0 Å². The SMILES string of the molecule is COC(=O)C(NC(=O)c1ccc(C#CCOc2ccc(N)cc2)cc1)C(C)O. The number of nitrogen functional groups attached to an aromatic ring is 1. The number of carbonyl (C=O) groups excluding carboxylic acids is 2. The van der Waals surface area contributed by atoms with Crippen LogP contribution in [0.2, 0.25) is 0 Å². The van der Waals surface area contributed by atoms with E-state index < -0.39 is 24.0 Å². The highest BCUT2D eigenvalue weighted by Crippen LogP contribution is 2.12. The fraction of sp³-hybridized carbons (Fsp3) is 0.238. The summed E-state index contributed by atoms with van der Waals surface area (Å²) in [5.74, 6) is 5.28. The molecule has 1 amide bonds. The van der Waals surface area contributed by atoms with Crippen LogP contribution in [0.4, 0.5) is 5.69 Å². The number of esters is 1. The Hall–Kier alpha value is -3.50. The van der Waals surface area contributed by atoms with Crippen LogP contribution in [0.5, 0.6) is 5.75 Å². The van der Waals surface area contributed by atoms with Crippen molar-refractivity contribution in [3.63, 3.8) is 0 Å². The van der Waals surface area contributed by atoms with Crippen LogP contribution in [0.15, 0.2) is 48.5 Å². The summed E-state index contributed by atoms with van der Waals surface area (Å²) in [6, 6.07) is 12.4. The number of rotatable bonds is 6. The molecule has 2 aromatic rings. The summed E-state index contributed by atoms with van der Waals surface area (Å²) in [5, 5.41) is 12.1. The van der Waals surface area contributed by atoms with E-state index >= 15 is 0 Å². The first-order valence-electron chi connectivity index (χ1n) is 8.54. The van der Waals surface area contributed by atoms with Gasteiger partial charge in [-0.05, 0) is 55.5 Å². The van der Waals surface area contributed by atoms with E-state index in [-0.39, 0.29) is 6.61 Å². The smallest absolute Gasteiger partial charge is 0.331 e. The lowest BCUT2D eigenvalue weighted by Crippen LogP contribution is -2.48. The van der Waals surface area contributed by atoms with Gasteiger partial charge in [-0.2, -0.15) is 0 Å². The second kappa shape index (κ2) is 10.00. The zero-order valence-corrected chi connectivity index (χ0v) is 15.6.